The number of aryl methyl sites for hydroxylation is 1. The molecular weight excluding hydrogens is 362 g/mol. The molecule has 0 radical (unpaired) electrons. The summed E-state index contributed by atoms with van der Waals surface area (Å²) in [5, 5.41) is 1.26. The van der Waals surface area contributed by atoms with E-state index in [4.69, 9.17) is 11.6 Å². The fourth-order valence-corrected chi connectivity index (χ4v) is 3.79. The molecule has 138 valence electrons. The van der Waals surface area contributed by atoms with Crippen molar-refractivity contribution in [1.82, 2.24) is 14.5 Å². The summed E-state index contributed by atoms with van der Waals surface area (Å²) >= 11 is 5.94. The van der Waals surface area contributed by atoms with Crippen LogP contribution in [0.25, 0.3) is 10.9 Å². The van der Waals surface area contributed by atoms with Gasteiger partial charge in [0.05, 0.1) is 17.2 Å². The summed E-state index contributed by atoms with van der Waals surface area (Å²) < 4.78 is 1.44. The van der Waals surface area contributed by atoms with Crippen LogP contribution in [0.4, 0.5) is 0 Å². The minimum absolute atomic E-state index is 0.00187. The fraction of sp³-hybridized carbons (Fsp3) is 0.286. The van der Waals surface area contributed by atoms with E-state index < -0.39 is 0 Å². The van der Waals surface area contributed by atoms with Crippen molar-refractivity contribution in [3.63, 3.8) is 0 Å². The molecular formula is C21H20ClN3O2. The summed E-state index contributed by atoms with van der Waals surface area (Å²) in [7, 11) is 1.67. The van der Waals surface area contributed by atoms with Gasteiger partial charge in [0.15, 0.2) is 0 Å². The summed E-state index contributed by atoms with van der Waals surface area (Å²) in [4.78, 5) is 31.2. The molecule has 4 rings (SSSR count). The lowest BCUT2D eigenvalue weighted by Crippen LogP contribution is -2.29. The Labute approximate surface area is 162 Å². The smallest absolute Gasteiger partial charge is 0.260 e. The first-order chi connectivity index (χ1) is 13.0. The molecule has 1 aromatic heterocycles. The summed E-state index contributed by atoms with van der Waals surface area (Å²) in [5.41, 5.74) is 2.27. The van der Waals surface area contributed by atoms with Crippen LogP contribution >= 0.6 is 11.6 Å². The van der Waals surface area contributed by atoms with E-state index in [1.165, 1.54) is 16.5 Å². The zero-order valence-corrected chi connectivity index (χ0v) is 15.8. The molecule has 5 nitrogen and oxygen atoms in total. The zero-order chi connectivity index (χ0) is 19.0. The van der Waals surface area contributed by atoms with Crippen molar-refractivity contribution in [3.8, 4) is 0 Å². The van der Waals surface area contributed by atoms with E-state index in [1.807, 2.05) is 29.2 Å². The number of carbonyl (C=O) groups excluding carboxylic acids is 1. The molecule has 0 bridgehead atoms. The van der Waals surface area contributed by atoms with E-state index >= 15 is 0 Å². The van der Waals surface area contributed by atoms with Crippen LogP contribution in [0.5, 0.6) is 0 Å². The minimum Gasteiger partial charge on any atom is -0.338 e. The van der Waals surface area contributed by atoms with Crippen LogP contribution in [0.15, 0.2) is 53.6 Å². The molecule has 1 aliphatic rings. The molecule has 3 aromatic rings. The van der Waals surface area contributed by atoms with E-state index in [2.05, 4.69) is 4.98 Å². The maximum atomic E-state index is 12.9. The molecule has 1 unspecified atom stereocenters. The third-order valence-electron chi connectivity index (χ3n) is 5.18. The van der Waals surface area contributed by atoms with E-state index in [9.17, 15) is 9.59 Å². The van der Waals surface area contributed by atoms with Gasteiger partial charge in [0.2, 0.25) is 0 Å². The first-order valence-corrected chi connectivity index (χ1v) is 9.38. The largest absolute Gasteiger partial charge is 0.338 e. The third-order valence-corrected chi connectivity index (χ3v) is 5.43. The molecule has 27 heavy (non-hydrogen) atoms. The van der Waals surface area contributed by atoms with Crippen molar-refractivity contribution in [1.29, 1.82) is 0 Å². The Bertz CT molecular complexity index is 1060. The minimum atomic E-state index is -0.108. The summed E-state index contributed by atoms with van der Waals surface area (Å²) in [6.45, 7) is 1.49. The average Bonchev–Trinajstić information content (AvgIpc) is 3.14. The van der Waals surface area contributed by atoms with Crippen molar-refractivity contribution >= 4 is 28.4 Å². The highest BCUT2D eigenvalue weighted by atomic mass is 35.5. The quantitative estimate of drug-likeness (QED) is 0.699. The van der Waals surface area contributed by atoms with Crippen molar-refractivity contribution in [2.75, 3.05) is 13.1 Å². The first kappa shape index (κ1) is 17.7. The lowest BCUT2D eigenvalue weighted by Gasteiger charge is -2.17. The Kier molecular flexibility index (Phi) is 4.70. The van der Waals surface area contributed by atoms with Gasteiger partial charge in [-0.2, -0.15) is 0 Å². The number of carbonyl (C=O) groups is 1. The van der Waals surface area contributed by atoms with Gasteiger partial charge in [0.25, 0.3) is 11.5 Å². The first-order valence-electron chi connectivity index (χ1n) is 9.00. The van der Waals surface area contributed by atoms with Gasteiger partial charge in [-0.15, -0.1) is 0 Å². The van der Waals surface area contributed by atoms with Crippen LogP contribution in [0, 0.1) is 5.92 Å². The van der Waals surface area contributed by atoms with Gasteiger partial charge in [-0.25, -0.2) is 4.98 Å². The number of rotatable bonds is 3. The standard InChI is InChI=1S/C21H20ClN3O2/c1-24-13-23-19-11-16(4-7-18(19)21(24)27)20(26)25-9-8-15(12-25)10-14-2-5-17(22)6-3-14/h2-7,11,13,15H,8-10,12H2,1H3. The molecule has 2 heterocycles. The lowest BCUT2D eigenvalue weighted by atomic mass is 9.99. The molecule has 0 N–H and O–H groups in total. The molecule has 0 aliphatic carbocycles. The predicted molar refractivity (Wildman–Crippen MR) is 106 cm³/mol. The predicted octanol–water partition coefficient (Wildman–Crippen LogP) is 3.29. The van der Waals surface area contributed by atoms with Crippen LogP contribution in [0.3, 0.4) is 0 Å². The van der Waals surface area contributed by atoms with Gasteiger partial charge in [0.1, 0.15) is 0 Å². The van der Waals surface area contributed by atoms with Gasteiger partial charge in [-0.3, -0.25) is 9.59 Å². The number of hydrogen-bond acceptors (Lipinski definition) is 3. The number of amides is 1. The number of halogens is 1. The van der Waals surface area contributed by atoms with Crippen LogP contribution in [0.2, 0.25) is 5.02 Å². The van der Waals surface area contributed by atoms with E-state index in [-0.39, 0.29) is 11.5 Å². The zero-order valence-electron chi connectivity index (χ0n) is 15.1. The second-order valence-corrected chi connectivity index (χ2v) is 7.57. The second kappa shape index (κ2) is 7.16. The van der Waals surface area contributed by atoms with Crippen LogP contribution in [-0.4, -0.2) is 33.4 Å². The average molecular weight is 382 g/mol. The Morgan fingerprint density at radius 3 is 2.78 bits per heavy atom. The highest BCUT2D eigenvalue weighted by Crippen LogP contribution is 2.24. The number of hydrogen-bond donors (Lipinski definition) is 0. The molecule has 1 saturated heterocycles. The highest BCUT2D eigenvalue weighted by molar-refractivity contribution is 6.30. The molecule has 1 aliphatic heterocycles. The van der Waals surface area contributed by atoms with Gasteiger partial charge in [0, 0.05) is 30.7 Å². The molecule has 0 spiro atoms. The molecule has 6 heteroatoms. The van der Waals surface area contributed by atoms with Crippen molar-refractivity contribution < 1.29 is 4.79 Å². The lowest BCUT2D eigenvalue weighted by molar-refractivity contribution is 0.0787. The Hall–Kier alpha value is -2.66. The van der Waals surface area contributed by atoms with Gasteiger partial charge in [-0.1, -0.05) is 23.7 Å². The third kappa shape index (κ3) is 3.60. The van der Waals surface area contributed by atoms with E-state index in [0.29, 0.717) is 22.4 Å². The van der Waals surface area contributed by atoms with Crippen LogP contribution in [0.1, 0.15) is 22.3 Å². The number of benzene rings is 2. The van der Waals surface area contributed by atoms with Gasteiger partial charge in [-0.05, 0) is 54.7 Å². The number of fused-ring (bicyclic) bond motifs is 1. The number of likely N-dealkylation sites (tertiary alicyclic amines) is 1. The van der Waals surface area contributed by atoms with Gasteiger partial charge >= 0.3 is 0 Å². The van der Waals surface area contributed by atoms with E-state index in [1.54, 1.807) is 25.2 Å². The molecule has 1 fully saturated rings. The Morgan fingerprint density at radius 1 is 1.22 bits per heavy atom. The van der Waals surface area contributed by atoms with Gasteiger partial charge < -0.3 is 9.47 Å². The highest BCUT2D eigenvalue weighted by Gasteiger charge is 2.27. The Morgan fingerprint density at radius 2 is 2.00 bits per heavy atom. The summed E-state index contributed by atoms with van der Waals surface area (Å²) in [6, 6.07) is 13.0. The summed E-state index contributed by atoms with van der Waals surface area (Å²) in [6.07, 6.45) is 3.41. The van der Waals surface area contributed by atoms with Crippen molar-refractivity contribution in [2.45, 2.75) is 12.8 Å². The Balaban J connectivity index is 1.48. The maximum Gasteiger partial charge on any atom is 0.260 e. The molecule has 2 aromatic carbocycles. The second-order valence-electron chi connectivity index (χ2n) is 7.13. The van der Waals surface area contributed by atoms with Crippen LogP contribution in [-0.2, 0) is 13.5 Å². The van der Waals surface area contributed by atoms with Crippen LogP contribution < -0.4 is 5.56 Å². The topological polar surface area (TPSA) is 55.2 Å². The SMILES string of the molecule is Cn1cnc2cc(C(=O)N3CCC(Cc4ccc(Cl)cc4)C3)ccc2c1=O. The normalized spacial score (nSPS) is 16.8. The van der Waals surface area contributed by atoms with Crippen molar-refractivity contribution in [3.05, 3.63) is 75.3 Å². The molecule has 1 amide bonds. The maximum absolute atomic E-state index is 12.9. The fourth-order valence-electron chi connectivity index (χ4n) is 3.66. The molecule has 0 saturated carbocycles. The number of nitrogens with zero attached hydrogens (tertiary/aromatic N) is 3. The summed E-state index contributed by atoms with van der Waals surface area (Å²) in [5.74, 6) is 0.444. The monoisotopic (exact) mass is 381 g/mol. The molecule has 1 atom stereocenters. The van der Waals surface area contributed by atoms with E-state index in [0.717, 1.165) is 31.0 Å². The van der Waals surface area contributed by atoms with Crippen molar-refractivity contribution in [2.24, 2.45) is 13.0 Å². The number of aromatic nitrogens is 2.